The number of β-lactam (4-membered cyclic amide) rings is 1. The van der Waals surface area contributed by atoms with Gasteiger partial charge < -0.3 is 24.8 Å². The van der Waals surface area contributed by atoms with Gasteiger partial charge in [0.25, 0.3) is 5.91 Å². The van der Waals surface area contributed by atoms with Gasteiger partial charge >= 0.3 is 6.09 Å². The smallest absolute Gasteiger partial charge is 0.411 e. The van der Waals surface area contributed by atoms with Crippen LogP contribution in [0.2, 0.25) is 0 Å². The Balaban J connectivity index is 1.47. The molecule has 4 unspecified atom stereocenters. The lowest BCUT2D eigenvalue weighted by Gasteiger charge is -2.50. The van der Waals surface area contributed by atoms with Crippen molar-refractivity contribution in [1.29, 1.82) is 0 Å². The van der Waals surface area contributed by atoms with Crippen LogP contribution in [-0.4, -0.2) is 77.2 Å². The molecule has 4 rings (SSSR count). The maximum Gasteiger partial charge on any atom is 0.411 e. The van der Waals surface area contributed by atoms with Crippen LogP contribution in [0.4, 0.5) is 4.79 Å². The van der Waals surface area contributed by atoms with Crippen LogP contribution in [0.15, 0.2) is 54.6 Å². The summed E-state index contributed by atoms with van der Waals surface area (Å²) in [5.41, 5.74) is 5.92. The highest BCUT2D eigenvalue weighted by atomic mass is 16.6. The van der Waals surface area contributed by atoms with Gasteiger partial charge in [-0.25, -0.2) is 4.79 Å². The summed E-state index contributed by atoms with van der Waals surface area (Å²) in [6.07, 6.45) is -0.759. The van der Waals surface area contributed by atoms with E-state index >= 15 is 0 Å². The minimum absolute atomic E-state index is 0.150. The maximum atomic E-state index is 13.7. The van der Waals surface area contributed by atoms with E-state index in [4.69, 9.17) is 19.9 Å². The van der Waals surface area contributed by atoms with Crippen LogP contribution in [0.1, 0.15) is 45.2 Å². The minimum Gasteiger partial charge on any atom is -0.497 e. The molecule has 1 spiro atoms. The fraction of sp³-hybridized carbons (Fsp3) is 0.500. The SMILES string of the molecule is COc1ccc(CN2CC3(CC(NC(C(N)=O)C(C)OCc4ccccc4)CN3C(=O)OC(C)(C)C)C2=O)cc1. The molecular formula is C30H40N4O6. The maximum absolute atomic E-state index is 13.7. The number of benzene rings is 2. The summed E-state index contributed by atoms with van der Waals surface area (Å²) in [5.74, 6) is 0.0239. The molecule has 0 aliphatic carbocycles. The number of carbonyl (C=O) groups is 3. The Morgan fingerprint density at radius 2 is 1.77 bits per heavy atom. The molecule has 4 atom stereocenters. The van der Waals surface area contributed by atoms with E-state index < -0.39 is 35.3 Å². The van der Waals surface area contributed by atoms with Crippen molar-refractivity contribution in [1.82, 2.24) is 15.1 Å². The van der Waals surface area contributed by atoms with Crippen molar-refractivity contribution >= 4 is 17.9 Å². The molecule has 2 aromatic rings. The first-order chi connectivity index (χ1) is 18.9. The zero-order chi connectivity index (χ0) is 29.1. The Bertz CT molecular complexity index is 1200. The van der Waals surface area contributed by atoms with Crippen LogP contribution >= 0.6 is 0 Å². The van der Waals surface area contributed by atoms with Gasteiger partial charge in [-0.05, 0) is 57.4 Å². The summed E-state index contributed by atoms with van der Waals surface area (Å²) in [7, 11) is 1.60. The first-order valence-corrected chi connectivity index (χ1v) is 13.6. The number of likely N-dealkylation sites (tertiary alicyclic amines) is 2. The molecule has 2 aliphatic rings. The standard InChI is InChI=1S/C30H40N4O6/c1-20(39-18-22-9-7-6-8-10-22)25(26(31)35)32-23-15-30(34(17-23)28(37)40-29(2,3)4)19-33(27(30)36)16-21-11-13-24(38-5)14-12-21/h6-14,20,23,25,32H,15-19H2,1-5H3,(H2,31,35). The molecule has 2 aromatic carbocycles. The van der Waals surface area contributed by atoms with Gasteiger partial charge in [-0.1, -0.05) is 42.5 Å². The monoisotopic (exact) mass is 552 g/mol. The molecule has 3 N–H and O–H groups in total. The Morgan fingerprint density at radius 3 is 2.35 bits per heavy atom. The summed E-state index contributed by atoms with van der Waals surface area (Å²) in [4.78, 5) is 42.6. The molecule has 0 aromatic heterocycles. The van der Waals surface area contributed by atoms with Crippen LogP contribution in [0.3, 0.4) is 0 Å². The van der Waals surface area contributed by atoms with Gasteiger partial charge in [0.2, 0.25) is 5.91 Å². The highest BCUT2D eigenvalue weighted by Gasteiger charge is 2.63. The molecule has 40 heavy (non-hydrogen) atoms. The van der Waals surface area contributed by atoms with Gasteiger partial charge in [0.05, 0.1) is 26.4 Å². The van der Waals surface area contributed by atoms with Crippen molar-refractivity contribution in [3.63, 3.8) is 0 Å². The molecule has 10 nitrogen and oxygen atoms in total. The van der Waals surface area contributed by atoms with Crippen molar-refractivity contribution in [3.05, 3.63) is 65.7 Å². The molecule has 2 saturated heterocycles. The van der Waals surface area contributed by atoms with Gasteiger partial charge in [0, 0.05) is 19.1 Å². The first-order valence-electron chi connectivity index (χ1n) is 13.6. The van der Waals surface area contributed by atoms with Crippen molar-refractivity contribution in [2.24, 2.45) is 5.73 Å². The third-order valence-electron chi connectivity index (χ3n) is 7.33. The fourth-order valence-corrected chi connectivity index (χ4v) is 5.35. The highest BCUT2D eigenvalue weighted by Crippen LogP contribution is 2.41. The van der Waals surface area contributed by atoms with Crippen molar-refractivity contribution < 1.29 is 28.6 Å². The van der Waals surface area contributed by atoms with Crippen LogP contribution in [0.5, 0.6) is 5.75 Å². The summed E-state index contributed by atoms with van der Waals surface area (Å²) < 4.78 is 16.9. The van der Waals surface area contributed by atoms with Crippen LogP contribution < -0.4 is 15.8 Å². The predicted molar refractivity (Wildman–Crippen MR) is 149 cm³/mol. The number of carbonyl (C=O) groups excluding carboxylic acids is 3. The number of rotatable bonds is 10. The largest absolute Gasteiger partial charge is 0.497 e. The van der Waals surface area contributed by atoms with Crippen LogP contribution in [-0.2, 0) is 32.2 Å². The third kappa shape index (κ3) is 6.56. The average Bonchev–Trinajstić information content (AvgIpc) is 3.31. The zero-order valence-corrected chi connectivity index (χ0v) is 23.9. The second kappa shape index (κ2) is 11.9. The number of amides is 3. The van der Waals surface area contributed by atoms with Crippen LogP contribution in [0.25, 0.3) is 0 Å². The number of nitrogens with one attached hydrogen (secondary N) is 1. The van der Waals surface area contributed by atoms with Gasteiger partial charge in [-0.3, -0.25) is 19.8 Å². The minimum atomic E-state index is -1.05. The Kier molecular flexibility index (Phi) is 8.70. The normalized spacial score (nSPS) is 22.1. The van der Waals surface area contributed by atoms with E-state index in [1.807, 2.05) is 54.6 Å². The molecule has 0 radical (unpaired) electrons. The molecular weight excluding hydrogens is 512 g/mol. The quantitative estimate of drug-likeness (QED) is 0.435. The Labute approximate surface area is 235 Å². The van der Waals surface area contributed by atoms with Gasteiger partial charge in [-0.15, -0.1) is 0 Å². The third-order valence-corrected chi connectivity index (χ3v) is 7.33. The number of primary amides is 1. The van der Waals surface area contributed by atoms with E-state index in [9.17, 15) is 14.4 Å². The van der Waals surface area contributed by atoms with E-state index in [0.717, 1.165) is 16.9 Å². The molecule has 3 amide bonds. The molecule has 0 bridgehead atoms. The fourth-order valence-electron chi connectivity index (χ4n) is 5.35. The van der Waals surface area contributed by atoms with E-state index in [0.29, 0.717) is 26.1 Å². The number of methoxy groups -OCH3 is 1. The second-order valence-corrected chi connectivity index (χ2v) is 11.6. The molecule has 216 valence electrons. The lowest BCUT2D eigenvalue weighted by atomic mass is 9.84. The molecule has 2 aliphatic heterocycles. The van der Waals surface area contributed by atoms with Crippen LogP contribution in [0, 0.1) is 0 Å². The van der Waals surface area contributed by atoms with Crippen molar-refractivity contribution in [2.75, 3.05) is 20.2 Å². The second-order valence-electron chi connectivity index (χ2n) is 11.6. The number of ether oxygens (including phenoxy) is 3. The lowest BCUT2D eigenvalue weighted by molar-refractivity contribution is -0.161. The average molecular weight is 553 g/mol. The van der Waals surface area contributed by atoms with Gasteiger partial charge in [-0.2, -0.15) is 0 Å². The van der Waals surface area contributed by atoms with Gasteiger partial charge in [0.1, 0.15) is 22.9 Å². The summed E-state index contributed by atoms with van der Waals surface area (Å²) in [6, 6.07) is 16.0. The summed E-state index contributed by atoms with van der Waals surface area (Å²) >= 11 is 0. The first kappa shape index (κ1) is 29.4. The molecule has 0 saturated carbocycles. The van der Waals surface area contributed by atoms with E-state index in [1.165, 1.54) is 4.90 Å². The summed E-state index contributed by atoms with van der Waals surface area (Å²) in [6.45, 7) is 8.45. The molecule has 2 heterocycles. The number of nitrogens with two attached hydrogens (primary N) is 1. The van der Waals surface area contributed by atoms with Gasteiger partial charge in [0.15, 0.2) is 0 Å². The number of hydrogen-bond donors (Lipinski definition) is 2. The summed E-state index contributed by atoms with van der Waals surface area (Å²) in [5, 5.41) is 3.29. The van der Waals surface area contributed by atoms with E-state index in [-0.39, 0.29) is 18.5 Å². The van der Waals surface area contributed by atoms with Crippen molar-refractivity contribution in [3.8, 4) is 5.75 Å². The number of nitrogens with zero attached hydrogens (tertiary/aromatic N) is 2. The van der Waals surface area contributed by atoms with Crippen molar-refractivity contribution in [2.45, 2.75) is 76.6 Å². The predicted octanol–water partition coefficient (Wildman–Crippen LogP) is 2.83. The highest BCUT2D eigenvalue weighted by molar-refractivity contribution is 5.96. The number of hydrogen-bond acceptors (Lipinski definition) is 7. The van der Waals surface area contributed by atoms with E-state index in [2.05, 4.69) is 5.32 Å². The molecule has 10 heteroatoms. The topological polar surface area (TPSA) is 123 Å². The van der Waals surface area contributed by atoms with E-state index in [1.54, 1.807) is 39.7 Å². The zero-order valence-electron chi connectivity index (χ0n) is 23.9. The molecule has 2 fully saturated rings. The lowest BCUT2D eigenvalue weighted by Crippen LogP contribution is -2.72. The Hall–Kier alpha value is -3.63. The Morgan fingerprint density at radius 1 is 1.10 bits per heavy atom.